The van der Waals surface area contributed by atoms with E-state index in [0.717, 1.165) is 22.0 Å². The molecule has 0 spiro atoms. The molecule has 0 aliphatic rings. The summed E-state index contributed by atoms with van der Waals surface area (Å²) in [6.07, 6.45) is 3.61. The van der Waals surface area contributed by atoms with Gasteiger partial charge >= 0.3 is 0 Å². The first-order chi connectivity index (χ1) is 14.5. The van der Waals surface area contributed by atoms with E-state index < -0.39 is 0 Å². The Kier molecular flexibility index (Phi) is 5.83. The largest absolute Gasteiger partial charge is 0.488 e. The molecule has 4 rings (SSSR count). The molecule has 8 heteroatoms. The molecule has 4 aromatic rings. The van der Waals surface area contributed by atoms with E-state index in [4.69, 9.17) is 16.3 Å². The Labute approximate surface area is 183 Å². The van der Waals surface area contributed by atoms with E-state index in [9.17, 15) is 4.79 Å². The molecule has 0 aliphatic carbocycles. The molecule has 30 heavy (non-hydrogen) atoms. The summed E-state index contributed by atoms with van der Waals surface area (Å²) in [6.45, 7) is 2.24. The summed E-state index contributed by atoms with van der Waals surface area (Å²) in [5.41, 5.74) is 2.22. The van der Waals surface area contributed by atoms with Gasteiger partial charge in [-0.05, 0) is 36.8 Å². The number of thiazole rings is 1. The average Bonchev–Trinajstić information content (AvgIpc) is 3.32. The highest BCUT2D eigenvalue weighted by atomic mass is 35.5. The SMILES string of the molecule is Cc1nc(NC(=O)c2ccccc2OCc2ccc(Cl)cc2)sc1-c1nccn1C. The second-order valence-corrected chi connectivity index (χ2v) is 8.10. The molecule has 0 radical (unpaired) electrons. The molecule has 0 saturated heterocycles. The zero-order valence-electron chi connectivity index (χ0n) is 16.4. The number of rotatable bonds is 6. The van der Waals surface area contributed by atoms with E-state index in [1.54, 1.807) is 24.4 Å². The Morgan fingerprint density at radius 2 is 1.97 bits per heavy atom. The van der Waals surface area contributed by atoms with Gasteiger partial charge in [0.15, 0.2) is 11.0 Å². The number of hydrogen-bond donors (Lipinski definition) is 1. The molecule has 2 aromatic carbocycles. The predicted molar refractivity (Wildman–Crippen MR) is 119 cm³/mol. The molecule has 0 saturated carbocycles. The molecule has 0 atom stereocenters. The van der Waals surface area contributed by atoms with Crippen LogP contribution in [0, 0.1) is 6.92 Å². The second-order valence-electron chi connectivity index (χ2n) is 6.66. The number of aryl methyl sites for hydroxylation is 2. The molecule has 6 nitrogen and oxygen atoms in total. The van der Waals surface area contributed by atoms with Crippen LogP contribution in [0.15, 0.2) is 60.9 Å². The van der Waals surface area contributed by atoms with E-state index in [1.807, 2.05) is 55.1 Å². The van der Waals surface area contributed by atoms with Gasteiger partial charge in [-0.1, -0.05) is 47.2 Å². The molecule has 0 unspecified atom stereocenters. The summed E-state index contributed by atoms with van der Waals surface area (Å²) < 4.78 is 7.81. The highest BCUT2D eigenvalue weighted by molar-refractivity contribution is 7.19. The Morgan fingerprint density at radius 1 is 1.20 bits per heavy atom. The third-order valence-electron chi connectivity index (χ3n) is 4.48. The number of carbonyl (C=O) groups excluding carboxylic acids is 1. The molecule has 2 aromatic heterocycles. The number of nitrogens with zero attached hydrogens (tertiary/aromatic N) is 3. The average molecular weight is 439 g/mol. The summed E-state index contributed by atoms with van der Waals surface area (Å²) in [6, 6.07) is 14.5. The van der Waals surface area contributed by atoms with Gasteiger partial charge in [0, 0.05) is 24.5 Å². The normalized spacial score (nSPS) is 10.8. The van der Waals surface area contributed by atoms with Gasteiger partial charge in [0.05, 0.1) is 16.1 Å². The molecule has 1 amide bonds. The number of carbonyl (C=O) groups is 1. The van der Waals surface area contributed by atoms with Crippen LogP contribution in [-0.2, 0) is 13.7 Å². The lowest BCUT2D eigenvalue weighted by atomic mass is 10.2. The number of amides is 1. The van der Waals surface area contributed by atoms with Crippen molar-refractivity contribution in [2.45, 2.75) is 13.5 Å². The van der Waals surface area contributed by atoms with Crippen LogP contribution in [0.5, 0.6) is 5.75 Å². The van der Waals surface area contributed by atoms with Crippen LogP contribution >= 0.6 is 22.9 Å². The standard InChI is InChI=1S/C22H19ClN4O2S/c1-14-19(20-24-11-12-27(20)2)30-22(25-14)26-21(28)17-5-3-4-6-18(17)29-13-15-7-9-16(23)10-8-15/h3-12H,13H2,1-2H3,(H,25,26,28). The number of ether oxygens (including phenoxy) is 1. The molecule has 0 bridgehead atoms. The molecule has 152 valence electrons. The van der Waals surface area contributed by atoms with Crippen LogP contribution in [0.4, 0.5) is 5.13 Å². The lowest BCUT2D eigenvalue weighted by Crippen LogP contribution is -2.13. The third kappa shape index (κ3) is 4.37. The van der Waals surface area contributed by atoms with Gasteiger partial charge in [0.25, 0.3) is 5.91 Å². The zero-order chi connectivity index (χ0) is 21.1. The van der Waals surface area contributed by atoms with Gasteiger partial charge in [-0.15, -0.1) is 0 Å². The minimum Gasteiger partial charge on any atom is -0.488 e. The van der Waals surface area contributed by atoms with E-state index in [2.05, 4.69) is 15.3 Å². The Bertz CT molecular complexity index is 1180. The van der Waals surface area contributed by atoms with Gasteiger partial charge in [-0.3, -0.25) is 10.1 Å². The lowest BCUT2D eigenvalue weighted by Gasteiger charge is -2.11. The van der Waals surface area contributed by atoms with Crippen molar-refractivity contribution in [3.05, 3.63) is 82.8 Å². The maximum Gasteiger partial charge on any atom is 0.261 e. The molecule has 0 fully saturated rings. The second kappa shape index (κ2) is 8.69. The lowest BCUT2D eigenvalue weighted by molar-refractivity contribution is 0.102. The van der Waals surface area contributed by atoms with Crippen LogP contribution in [-0.4, -0.2) is 20.4 Å². The van der Waals surface area contributed by atoms with Crippen LogP contribution < -0.4 is 10.1 Å². The van der Waals surface area contributed by atoms with Crippen molar-refractivity contribution in [2.24, 2.45) is 7.05 Å². The summed E-state index contributed by atoms with van der Waals surface area (Å²) in [5.74, 6) is 1.04. The van der Waals surface area contributed by atoms with Crippen LogP contribution in [0.2, 0.25) is 5.02 Å². The number of hydrogen-bond acceptors (Lipinski definition) is 5. The minimum atomic E-state index is -0.276. The fourth-order valence-corrected chi connectivity index (χ4v) is 4.05. The number of aromatic nitrogens is 3. The Morgan fingerprint density at radius 3 is 2.70 bits per heavy atom. The number of anilines is 1. The van der Waals surface area contributed by atoms with Gasteiger partial charge < -0.3 is 9.30 Å². The van der Waals surface area contributed by atoms with Gasteiger partial charge in [-0.2, -0.15) is 0 Å². The van der Waals surface area contributed by atoms with E-state index in [0.29, 0.717) is 28.1 Å². The number of benzene rings is 2. The highest BCUT2D eigenvalue weighted by Gasteiger charge is 2.18. The van der Waals surface area contributed by atoms with E-state index >= 15 is 0 Å². The smallest absolute Gasteiger partial charge is 0.261 e. The number of imidazole rings is 1. The first kappa shape index (κ1) is 20.1. The van der Waals surface area contributed by atoms with Crippen LogP contribution in [0.3, 0.4) is 0 Å². The van der Waals surface area contributed by atoms with Crippen molar-refractivity contribution in [1.29, 1.82) is 0 Å². The number of para-hydroxylation sites is 1. The maximum atomic E-state index is 12.9. The number of halogens is 1. The molecular weight excluding hydrogens is 420 g/mol. The van der Waals surface area contributed by atoms with Crippen molar-refractivity contribution in [2.75, 3.05) is 5.32 Å². The minimum absolute atomic E-state index is 0.276. The van der Waals surface area contributed by atoms with Crippen molar-refractivity contribution in [3.8, 4) is 16.5 Å². The Hall–Kier alpha value is -3.16. The van der Waals surface area contributed by atoms with Crippen molar-refractivity contribution < 1.29 is 9.53 Å². The van der Waals surface area contributed by atoms with Crippen molar-refractivity contribution in [1.82, 2.24) is 14.5 Å². The van der Waals surface area contributed by atoms with Gasteiger partial charge in [-0.25, -0.2) is 9.97 Å². The van der Waals surface area contributed by atoms with Crippen LogP contribution in [0.25, 0.3) is 10.7 Å². The van der Waals surface area contributed by atoms with Crippen molar-refractivity contribution >= 4 is 34.0 Å². The van der Waals surface area contributed by atoms with E-state index in [1.165, 1.54) is 11.3 Å². The Balaban J connectivity index is 1.50. The van der Waals surface area contributed by atoms with E-state index in [-0.39, 0.29) is 5.91 Å². The molecule has 1 N–H and O–H groups in total. The topological polar surface area (TPSA) is 69.0 Å². The summed E-state index contributed by atoms with van der Waals surface area (Å²) >= 11 is 7.31. The van der Waals surface area contributed by atoms with Crippen molar-refractivity contribution in [3.63, 3.8) is 0 Å². The predicted octanol–water partition coefficient (Wildman–Crippen LogP) is 5.34. The van der Waals surface area contributed by atoms with Gasteiger partial charge in [0.2, 0.25) is 0 Å². The molecule has 0 aliphatic heterocycles. The number of nitrogens with one attached hydrogen (secondary N) is 1. The van der Waals surface area contributed by atoms with Gasteiger partial charge in [0.1, 0.15) is 12.4 Å². The molecular formula is C22H19ClN4O2S. The fraction of sp³-hybridized carbons (Fsp3) is 0.136. The first-order valence-electron chi connectivity index (χ1n) is 9.24. The third-order valence-corrected chi connectivity index (χ3v) is 5.80. The fourth-order valence-electron chi connectivity index (χ4n) is 2.93. The summed E-state index contributed by atoms with van der Waals surface area (Å²) in [5, 5.41) is 4.07. The zero-order valence-corrected chi connectivity index (χ0v) is 18.0. The first-order valence-corrected chi connectivity index (χ1v) is 10.4. The quantitative estimate of drug-likeness (QED) is 0.441. The highest BCUT2D eigenvalue weighted by Crippen LogP contribution is 2.32. The summed E-state index contributed by atoms with van der Waals surface area (Å²) in [7, 11) is 1.92. The van der Waals surface area contributed by atoms with Crippen LogP contribution in [0.1, 0.15) is 21.6 Å². The monoisotopic (exact) mass is 438 g/mol. The maximum absolute atomic E-state index is 12.9. The molecule has 2 heterocycles. The summed E-state index contributed by atoms with van der Waals surface area (Å²) in [4.78, 5) is 22.7.